The van der Waals surface area contributed by atoms with Gasteiger partial charge in [-0.2, -0.15) is 11.8 Å². The van der Waals surface area contributed by atoms with Crippen molar-refractivity contribution in [2.75, 3.05) is 18.8 Å². The Balaban J connectivity index is 2.00. The van der Waals surface area contributed by atoms with Crippen molar-refractivity contribution in [3.8, 4) is 0 Å². The molecule has 100 valence electrons. The molecule has 0 spiro atoms. The first kappa shape index (κ1) is 14.4. The smallest absolute Gasteiger partial charge is 0.0245 e. The van der Waals surface area contributed by atoms with E-state index in [0.29, 0.717) is 6.54 Å². The van der Waals surface area contributed by atoms with Crippen LogP contribution in [0.4, 0.5) is 0 Å². The molecular formula is C14H21BrN2S. The highest BCUT2D eigenvalue weighted by Gasteiger charge is 2.19. The van der Waals surface area contributed by atoms with Gasteiger partial charge in [-0.1, -0.05) is 35.0 Å². The molecular weight excluding hydrogens is 308 g/mol. The summed E-state index contributed by atoms with van der Waals surface area (Å²) in [6.07, 6.45) is 1.27. The van der Waals surface area contributed by atoms with E-state index in [1.807, 2.05) is 0 Å². The number of hydrogen-bond donors (Lipinski definition) is 1. The predicted molar refractivity (Wildman–Crippen MR) is 83.8 cm³/mol. The molecule has 1 saturated heterocycles. The van der Waals surface area contributed by atoms with Gasteiger partial charge in [0.05, 0.1) is 0 Å². The number of hydrogen-bond acceptors (Lipinski definition) is 3. The molecule has 1 fully saturated rings. The van der Waals surface area contributed by atoms with Crippen LogP contribution in [-0.2, 0) is 13.1 Å². The monoisotopic (exact) mass is 328 g/mol. The largest absolute Gasteiger partial charge is 0.326 e. The van der Waals surface area contributed by atoms with E-state index in [1.54, 1.807) is 0 Å². The lowest BCUT2D eigenvalue weighted by Gasteiger charge is -2.32. The fourth-order valence-corrected chi connectivity index (χ4v) is 4.06. The van der Waals surface area contributed by atoms with Gasteiger partial charge in [0.25, 0.3) is 0 Å². The molecule has 1 aliphatic heterocycles. The van der Waals surface area contributed by atoms with E-state index in [0.717, 1.165) is 11.8 Å². The molecule has 0 aliphatic carbocycles. The molecule has 4 heteroatoms. The second kappa shape index (κ2) is 6.94. The van der Waals surface area contributed by atoms with Crippen molar-refractivity contribution in [2.45, 2.75) is 31.7 Å². The Kier molecular flexibility index (Phi) is 5.55. The molecule has 1 aromatic rings. The van der Waals surface area contributed by atoms with Crippen LogP contribution in [0.15, 0.2) is 22.7 Å². The molecule has 2 N–H and O–H groups in total. The van der Waals surface area contributed by atoms with Gasteiger partial charge in [0.1, 0.15) is 0 Å². The SMILES string of the molecule is CCC1CN(Cc2ccc(CN)cc2Br)CCS1. The van der Waals surface area contributed by atoms with E-state index in [4.69, 9.17) is 5.73 Å². The topological polar surface area (TPSA) is 29.3 Å². The normalized spacial score (nSPS) is 21.2. The van der Waals surface area contributed by atoms with Crippen molar-refractivity contribution in [1.82, 2.24) is 4.90 Å². The minimum absolute atomic E-state index is 0.608. The third kappa shape index (κ3) is 3.73. The maximum absolute atomic E-state index is 5.66. The Morgan fingerprint density at radius 1 is 1.50 bits per heavy atom. The quantitative estimate of drug-likeness (QED) is 0.920. The fraction of sp³-hybridized carbons (Fsp3) is 0.571. The van der Waals surface area contributed by atoms with Crippen LogP contribution in [0.2, 0.25) is 0 Å². The number of thioether (sulfide) groups is 1. The van der Waals surface area contributed by atoms with Gasteiger partial charge in [0, 0.05) is 41.7 Å². The van der Waals surface area contributed by atoms with Crippen molar-refractivity contribution < 1.29 is 0 Å². The Morgan fingerprint density at radius 3 is 3.00 bits per heavy atom. The minimum Gasteiger partial charge on any atom is -0.326 e. The van der Waals surface area contributed by atoms with Crippen LogP contribution in [0.3, 0.4) is 0 Å². The number of halogens is 1. The summed E-state index contributed by atoms with van der Waals surface area (Å²) in [5, 5.41) is 0.806. The number of nitrogens with two attached hydrogens (primary N) is 1. The Bertz CT molecular complexity index is 397. The lowest BCUT2D eigenvalue weighted by molar-refractivity contribution is 0.272. The lowest BCUT2D eigenvalue weighted by Crippen LogP contribution is -2.37. The highest BCUT2D eigenvalue weighted by atomic mass is 79.9. The summed E-state index contributed by atoms with van der Waals surface area (Å²) in [7, 11) is 0. The Hall–Kier alpha value is -0.0300. The first-order valence-electron chi connectivity index (χ1n) is 6.54. The third-order valence-electron chi connectivity index (χ3n) is 3.43. The van der Waals surface area contributed by atoms with Crippen molar-refractivity contribution in [3.63, 3.8) is 0 Å². The summed E-state index contributed by atoms with van der Waals surface area (Å²) in [4.78, 5) is 2.56. The summed E-state index contributed by atoms with van der Waals surface area (Å²) >= 11 is 5.78. The van der Waals surface area contributed by atoms with E-state index >= 15 is 0 Å². The van der Waals surface area contributed by atoms with Gasteiger partial charge in [-0.3, -0.25) is 4.90 Å². The zero-order valence-corrected chi connectivity index (χ0v) is 13.3. The molecule has 2 nitrogen and oxygen atoms in total. The molecule has 1 heterocycles. The molecule has 2 rings (SSSR count). The fourth-order valence-electron chi connectivity index (χ4n) is 2.26. The van der Waals surface area contributed by atoms with Gasteiger partial charge in [0.2, 0.25) is 0 Å². The summed E-state index contributed by atoms with van der Waals surface area (Å²) in [5.74, 6) is 1.26. The van der Waals surface area contributed by atoms with E-state index in [-0.39, 0.29) is 0 Å². The van der Waals surface area contributed by atoms with Gasteiger partial charge < -0.3 is 5.73 Å². The van der Waals surface area contributed by atoms with Crippen LogP contribution >= 0.6 is 27.7 Å². The van der Waals surface area contributed by atoms with Gasteiger partial charge in [0.15, 0.2) is 0 Å². The van der Waals surface area contributed by atoms with Crippen LogP contribution in [-0.4, -0.2) is 29.0 Å². The zero-order valence-electron chi connectivity index (χ0n) is 10.9. The van der Waals surface area contributed by atoms with E-state index in [1.165, 1.54) is 40.9 Å². The average Bonchev–Trinajstić information content (AvgIpc) is 2.41. The van der Waals surface area contributed by atoms with Gasteiger partial charge >= 0.3 is 0 Å². The number of benzene rings is 1. The molecule has 0 saturated carbocycles. The first-order chi connectivity index (χ1) is 8.72. The molecule has 1 unspecified atom stereocenters. The predicted octanol–water partition coefficient (Wildman–Crippen LogP) is 3.24. The summed E-state index contributed by atoms with van der Waals surface area (Å²) in [5.41, 5.74) is 8.21. The van der Waals surface area contributed by atoms with Crippen LogP contribution in [0, 0.1) is 0 Å². The van der Waals surface area contributed by atoms with Crippen molar-refractivity contribution in [2.24, 2.45) is 5.73 Å². The van der Waals surface area contributed by atoms with Crippen LogP contribution in [0.25, 0.3) is 0 Å². The molecule has 0 amide bonds. The van der Waals surface area contributed by atoms with Crippen molar-refractivity contribution in [1.29, 1.82) is 0 Å². The van der Waals surface area contributed by atoms with Gasteiger partial charge in [-0.25, -0.2) is 0 Å². The average molecular weight is 329 g/mol. The summed E-state index contributed by atoms with van der Waals surface area (Å²) in [6, 6.07) is 6.48. The second-order valence-electron chi connectivity index (χ2n) is 4.77. The van der Waals surface area contributed by atoms with Crippen molar-refractivity contribution in [3.05, 3.63) is 33.8 Å². The Labute approximate surface area is 122 Å². The summed E-state index contributed by atoms with van der Waals surface area (Å²) < 4.78 is 1.19. The molecule has 0 bridgehead atoms. The molecule has 1 aromatic carbocycles. The zero-order chi connectivity index (χ0) is 13.0. The van der Waals surface area contributed by atoms with E-state index < -0.39 is 0 Å². The molecule has 0 aromatic heterocycles. The summed E-state index contributed by atoms with van der Waals surface area (Å²) in [6.45, 7) is 6.35. The van der Waals surface area contributed by atoms with Crippen LogP contribution < -0.4 is 5.73 Å². The van der Waals surface area contributed by atoms with Crippen LogP contribution in [0.5, 0.6) is 0 Å². The minimum atomic E-state index is 0.608. The Morgan fingerprint density at radius 2 is 2.33 bits per heavy atom. The van der Waals surface area contributed by atoms with E-state index in [2.05, 4.69) is 57.7 Å². The third-order valence-corrected chi connectivity index (χ3v) is 5.54. The highest BCUT2D eigenvalue weighted by Crippen LogP contribution is 2.25. The van der Waals surface area contributed by atoms with Gasteiger partial charge in [-0.15, -0.1) is 0 Å². The van der Waals surface area contributed by atoms with E-state index in [9.17, 15) is 0 Å². The standard InChI is InChI=1S/C14H21BrN2S/c1-2-13-10-17(5-6-18-13)9-12-4-3-11(8-16)7-14(12)15/h3-4,7,13H,2,5-6,8-10,16H2,1H3. The second-order valence-corrected chi connectivity index (χ2v) is 7.03. The molecule has 0 radical (unpaired) electrons. The number of rotatable bonds is 4. The number of nitrogens with zero attached hydrogens (tertiary/aromatic N) is 1. The highest BCUT2D eigenvalue weighted by molar-refractivity contribution is 9.10. The maximum Gasteiger partial charge on any atom is 0.0245 e. The lowest BCUT2D eigenvalue weighted by atomic mass is 10.1. The maximum atomic E-state index is 5.66. The van der Waals surface area contributed by atoms with Crippen molar-refractivity contribution >= 4 is 27.7 Å². The van der Waals surface area contributed by atoms with Crippen LogP contribution in [0.1, 0.15) is 24.5 Å². The first-order valence-corrected chi connectivity index (χ1v) is 8.38. The molecule has 1 aliphatic rings. The molecule has 1 atom stereocenters. The molecule has 18 heavy (non-hydrogen) atoms. The van der Waals surface area contributed by atoms with Gasteiger partial charge in [-0.05, 0) is 23.6 Å².